The Labute approximate surface area is 119 Å². The number of nitrogens with zero attached hydrogens (tertiary/aromatic N) is 4. The first-order valence-electron chi connectivity index (χ1n) is 6.42. The minimum absolute atomic E-state index is 0.0591. The van der Waals surface area contributed by atoms with E-state index in [1.165, 1.54) is 22.5 Å². The molecule has 0 saturated carbocycles. The van der Waals surface area contributed by atoms with Gasteiger partial charge in [-0.05, 0) is 0 Å². The minimum atomic E-state index is -0.666. The van der Waals surface area contributed by atoms with E-state index >= 15 is 0 Å². The second-order valence-corrected chi connectivity index (χ2v) is 5.06. The Kier molecular flexibility index (Phi) is 3.17. The lowest BCUT2D eigenvalue weighted by Crippen LogP contribution is -2.46. The molecule has 7 N–H and O–H groups in total. The summed E-state index contributed by atoms with van der Waals surface area (Å²) in [4.78, 5) is 20.3. The van der Waals surface area contributed by atoms with Crippen LogP contribution in [0.15, 0.2) is 11.1 Å². The minimum Gasteiger partial charge on any atom is -0.394 e. The Bertz CT molecular complexity index is 739. The van der Waals surface area contributed by atoms with Crippen molar-refractivity contribution in [2.75, 3.05) is 12.3 Å². The zero-order valence-electron chi connectivity index (χ0n) is 11.4. The van der Waals surface area contributed by atoms with Gasteiger partial charge in [-0.25, -0.2) is 4.98 Å². The molecule has 1 aliphatic rings. The fourth-order valence-electron chi connectivity index (χ4n) is 2.46. The number of ether oxygens (including phenoxy) is 1. The molecule has 21 heavy (non-hydrogen) atoms. The van der Waals surface area contributed by atoms with E-state index in [0.717, 1.165) is 0 Å². The summed E-state index contributed by atoms with van der Waals surface area (Å²) in [5, 5.41) is 9.23. The largest absolute Gasteiger partial charge is 0.394 e. The number of hydrogen-bond acceptors (Lipinski definition) is 8. The normalized spacial score (nSPS) is 29.3. The van der Waals surface area contributed by atoms with E-state index in [9.17, 15) is 9.90 Å². The lowest BCUT2D eigenvalue weighted by atomic mass is 10.1. The summed E-state index contributed by atoms with van der Waals surface area (Å²) in [6, 6.07) is -1.09. The van der Waals surface area contributed by atoms with Gasteiger partial charge in [0.1, 0.15) is 0 Å². The Hall–Kier alpha value is -2.01. The van der Waals surface area contributed by atoms with E-state index < -0.39 is 24.4 Å². The second-order valence-electron chi connectivity index (χ2n) is 5.06. The number of aliphatic hydroxyl groups is 1. The zero-order valence-corrected chi connectivity index (χ0v) is 11.4. The average Bonchev–Trinajstić information content (AvgIpc) is 2.99. The molecule has 10 nitrogen and oxygen atoms in total. The summed E-state index contributed by atoms with van der Waals surface area (Å²) in [5.41, 5.74) is 17.7. The highest BCUT2D eigenvalue weighted by atomic mass is 16.5. The molecule has 0 aromatic carbocycles. The monoisotopic (exact) mass is 295 g/mol. The average molecular weight is 295 g/mol. The van der Waals surface area contributed by atoms with Crippen molar-refractivity contribution in [2.24, 2.45) is 18.5 Å². The van der Waals surface area contributed by atoms with Gasteiger partial charge in [0.15, 0.2) is 17.4 Å². The van der Waals surface area contributed by atoms with Gasteiger partial charge < -0.3 is 27.0 Å². The third-order valence-corrected chi connectivity index (χ3v) is 3.81. The van der Waals surface area contributed by atoms with Gasteiger partial charge in [0, 0.05) is 7.05 Å². The van der Waals surface area contributed by atoms with Gasteiger partial charge in [0.05, 0.1) is 31.1 Å². The molecule has 1 aliphatic heterocycles. The van der Waals surface area contributed by atoms with Gasteiger partial charge in [-0.15, -0.1) is 0 Å². The first-order chi connectivity index (χ1) is 9.95. The smallest absolute Gasteiger partial charge is 0.282 e. The maximum Gasteiger partial charge on any atom is 0.282 e. The molecule has 4 atom stereocenters. The fraction of sp³-hybridized carbons (Fsp3) is 0.545. The third-order valence-electron chi connectivity index (χ3n) is 3.81. The van der Waals surface area contributed by atoms with E-state index in [-0.39, 0.29) is 29.3 Å². The van der Waals surface area contributed by atoms with Crippen LogP contribution in [0.3, 0.4) is 0 Å². The van der Waals surface area contributed by atoms with Crippen molar-refractivity contribution in [1.29, 1.82) is 0 Å². The first-order valence-corrected chi connectivity index (χ1v) is 6.42. The van der Waals surface area contributed by atoms with Gasteiger partial charge in [-0.2, -0.15) is 4.98 Å². The van der Waals surface area contributed by atoms with Crippen LogP contribution in [0.2, 0.25) is 0 Å². The summed E-state index contributed by atoms with van der Waals surface area (Å²) < 4.78 is 8.36. The van der Waals surface area contributed by atoms with Crippen molar-refractivity contribution in [3.8, 4) is 0 Å². The number of fused-ring (bicyclic) bond motifs is 1. The molecule has 3 rings (SSSR count). The van der Waals surface area contributed by atoms with Crippen LogP contribution in [0.4, 0.5) is 5.95 Å². The van der Waals surface area contributed by atoms with E-state index in [4.69, 9.17) is 21.9 Å². The van der Waals surface area contributed by atoms with Crippen molar-refractivity contribution >= 4 is 17.1 Å². The Morgan fingerprint density at radius 3 is 2.76 bits per heavy atom. The number of aliphatic hydroxyl groups excluding tert-OH is 1. The van der Waals surface area contributed by atoms with Crippen LogP contribution in [-0.2, 0) is 11.8 Å². The number of nitrogen functional groups attached to an aromatic ring is 1. The molecule has 0 radical (unpaired) electrons. The number of anilines is 1. The lowest BCUT2D eigenvalue weighted by Gasteiger charge is -2.17. The molecule has 0 amide bonds. The molecule has 1 fully saturated rings. The quantitative estimate of drug-likeness (QED) is 0.464. The highest BCUT2D eigenvalue weighted by molar-refractivity contribution is 5.71. The number of aromatic nitrogens is 4. The number of rotatable bonds is 2. The summed E-state index contributed by atoms with van der Waals surface area (Å²) in [5.74, 6) is 0.0591. The molecule has 1 unspecified atom stereocenters. The molecule has 0 spiro atoms. The highest BCUT2D eigenvalue weighted by Crippen LogP contribution is 2.28. The Balaban J connectivity index is 2.12. The van der Waals surface area contributed by atoms with E-state index in [1.807, 2.05) is 0 Å². The summed E-state index contributed by atoms with van der Waals surface area (Å²) in [7, 11) is 1.51. The zero-order chi connectivity index (χ0) is 15.3. The van der Waals surface area contributed by atoms with Crippen LogP contribution in [0, 0.1) is 0 Å². The van der Waals surface area contributed by atoms with Crippen molar-refractivity contribution in [2.45, 2.75) is 24.4 Å². The molecule has 2 aromatic heterocycles. The number of hydrogen-bond donors (Lipinski definition) is 4. The van der Waals surface area contributed by atoms with Crippen LogP contribution >= 0.6 is 0 Å². The van der Waals surface area contributed by atoms with E-state index in [2.05, 4.69) is 9.97 Å². The van der Waals surface area contributed by atoms with Gasteiger partial charge in [0.2, 0.25) is 5.95 Å². The van der Waals surface area contributed by atoms with Gasteiger partial charge in [-0.1, -0.05) is 0 Å². The van der Waals surface area contributed by atoms with E-state index in [0.29, 0.717) is 0 Å². The molecule has 2 aromatic rings. The molecule has 10 heteroatoms. The SMILES string of the molecule is Cn1c(N)nc2c(ncn2[C@@H]2O[C@H](CO)[C@H](N)C2N)c1=O. The van der Waals surface area contributed by atoms with Crippen LogP contribution < -0.4 is 22.8 Å². The summed E-state index contributed by atoms with van der Waals surface area (Å²) >= 11 is 0. The molecular weight excluding hydrogens is 278 g/mol. The van der Waals surface area contributed by atoms with Crippen molar-refractivity contribution in [3.05, 3.63) is 16.7 Å². The maximum absolute atomic E-state index is 12.1. The molecule has 1 saturated heterocycles. The molecular formula is C11H17N7O3. The first kappa shape index (κ1) is 13.9. The van der Waals surface area contributed by atoms with Crippen LogP contribution in [0.5, 0.6) is 0 Å². The third kappa shape index (κ3) is 1.92. The predicted molar refractivity (Wildman–Crippen MR) is 74.1 cm³/mol. The van der Waals surface area contributed by atoms with Crippen molar-refractivity contribution in [3.63, 3.8) is 0 Å². The van der Waals surface area contributed by atoms with Gasteiger partial charge in [-0.3, -0.25) is 13.9 Å². The molecule has 3 heterocycles. The lowest BCUT2D eigenvalue weighted by molar-refractivity contribution is -0.0261. The molecule has 0 bridgehead atoms. The van der Waals surface area contributed by atoms with Gasteiger partial charge in [0.25, 0.3) is 5.56 Å². The number of imidazole rings is 1. The van der Waals surface area contributed by atoms with Crippen LogP contribution in [0.1, 0.15) is 6.23 Å². The molecule has 0 aliphatic carbocycles. The standard InChI is InChI=1S/C11H17N7O3/c1-17-9(20)7-8(16-11(17)14)18(3-15-7)10-6(13)5(12)4(2-19)21-10/h3-6,10,19H,2,12-13H2,1H3,(H2,14,16)/t4-,5+,6?,10-/m1/s1. The Morgan fingerprint density at radius 2 is 2.14 bits per heavy atom. The fourth-order valence-corrected chi connectivity index (χ4v) is 2.46. The predicted octanol–water partition coefficient (Wildman–Crippen LogP) is -2.74. The maximum atomic E-state index is 12.1. The van der Waals surface area contributed by atoms with Crippen molar-refractivity contribution < 1.29 is 9.84 Å². The number of nitrogens with two attached hydrogens (primary N) is 3. The molecule has 114 valence electrons. The highest BCUT2D eigenvalue weighted by Gasteiger charge is 2.41. The van der Waals surface area contributed by atoms with Crippen LogP contribution in [0.25, 0.3) is 11.2 Å². The second kappa shape index (κ2) is 4.77. The van der Waals surface area contributed by atoms with E-state index in [1.54, 1.807) is 0 Å². The van der Waals surface area contributed by atoms with Gasteiger partial charge >= 0.3 is 0 Å². The Morgan fingerprint density at radius 1 is 1.43 bits per heavy atom. The van der Waals surface area contributed by atoms with Crippen LogP contribution in [-0.4, -0.2) is 49.0 Å². The summed E-state index contributed by atoms with van der Waals surface area (Å²) in [6.07, 6.45) is 0.169. The van der Waals surface area contributed by atoms with Crippen molar-refractivity contribution in [1.82, 2.24) is 19.1 Å². The topological polar surface area (TPSA) is 160 Å². The summed E-state index contributed by atoms with van der Waals surface area (Å²) in [6.45, 7) is -0.241.